The number of aryl methyl sites for hydroxylation is 2. The summed E-state index contributed by atoms with van der Waals surface area (Å²) in [5.41, 5.74) is 3.37. The molecule has 0 unspecified atom stereocenters. The van der Waals surface area contributed by atoms with E-state index in [0.717, 1.165) is 16.2 Å². The second kappa shape index (κ2) is 14.6. The number of hydrogen-bond donors (Lipinski definition) is 0. The minimum Gasteiger partial charge on any atom is -0.192 e. The zero-order valence-electron chi connectivity index (χ0n) is 23.6. The highest BCUT2D eigenvalue weighted by atomic mass is 32.1. The van der Waals surface area contributed by atoms with Gasteiger partial charge in [-0.15, -0.1) is 56.7 Å². The molecule has 5 aromatic heterocycles. The summed E-state index contributed by atoms with van der Waals surface area (Å²) >= 11 is 8.90. The first kappa shape index (κ1) is 30.0. The van der Waals surface area contributed by atoms with Crippen LogP contribution in [0.2, 0.25) is 0 Å². The molecule has 0 fully saturated rings. The van der Waals surface area contributed by atoms with Crippen LogP contribution in [0.3, 0.4) is 0 Å². The molecule has 0 saturated heterocycles. The molecule has 210 valence electrons. The van der Waals surface area contributed by atoms with Crippen LogP contribution in [-0.4, -0.2) is 0 Å². The molecule has 0 saturated carbocycles. The number of nitriles is 2. The van der Waals surface area contributed by atoms with Crippen LogP contribution in [-0.2, 0) is 12.8 Å². The lowest BCUT2D eigenvalue weighted by molar-refractivity contribution is 0.668. The van der Waals surface area contributed by atoms with E-state index in [9.17, 15) is 10.5 Å². The van der Waals surface area contributed by atoms with Crippen molar-refractivity contribution in [2.45, 2.75) is 78.1 Å². The summed E-state index contributed by atoms with van der Waals surface area (Å²) in [4.78, 5) is 10.8. The van der Waals surface area contributed by atoms with Crippen molar-refractivity contribution >= 4 is 56.7 Å². The van der Waals surface area contributed by atoms with Crippen molar-refractivity contribution in [3.63, 3.8) is 0 Å². The highest BCUT2D eigenvalue weighted by Crippen LogP contribution is 2.47. The van der Waals surface area contributed by atoms with Crippen molar-refractivity contribution in [2.24, 2.45) is 0 Å². The van der Waals surface area contributed by atoms with E-state index in [0.29, 0.717) is 10.4 Å². The third-order valence-corrected chi connectivity index (χ3v) is 13.4. The lowest BCUT2D eigenvalue weighted by Crippen LogP contribution is -1.85. The van der Waals surface area contributed by atoms with Crippen LogP contribution in [0, 0.1) is 22.7 Å². The van der Waals surface area contributed by atoms with E-state index in [1.54, 1.807) is 11.3 Å². The molecule has 41 heavy (non-hydrogen) atoms. The van der Waals surface area contributed by atoms with Gasteiger partial charge in [0.15, 0.2) is 0 Å². The molecule has 5 aromatic rings. The summed E-state index contributed by atoms with van der Waals surface area (Å²) in [6.45, 7) is 4.52. The van der Waals surface area contributed by atoms with Crippen molar-refractivity contribution in [3.05, 3.63) is 69.4 Å². The van der Waals surface area contributed by atoms with Crippen molar-refractivity contribution < 1.29 is 0 Å². The Morgan fingerprint density at radius 2 is 1.17 bits per heavy atom. The Bertz CT molecular complexity index is 1630. The summed E-state index contributed by atoms with van der Waals surface area (Å²) < 4.78 is 0. The first-order valence-electron chi connectivity index (χ1n) is 14.5. The van der Waals surface area contributed by atoms with Crippen molar-refractivity contribution in [3.8, 4) is 51.2 Å². The summed E-state index contributed by atoms with van der Waals surface area (Å²) in [5.74, 6) is 0. The topological polar surface area (TPSA) is 47.6 Å². The average molecular weight is 631 g/mol. The normalized spacial score (nSPS) is 11.1. The second-order valence-electron chi connectivity index (χ2n) is 10.3. The lowest BCUT2D eigenvalue weighted by Gasteiger charge is -2.02. The molecular weight excluding hydrogens is 597 g/mol. The summed E-state index contributed by atoms with van der Waals surface area (Å²) in [6, 6.07) is 20.0. The van der Waals surface area contributed by atoms with E-state index in [4.69, 9.17) is 0 Å². The van der Waals surface area contributed by atoms with Crippen LogP contribution in [0.4, 0.5) is 0 Å². The fourth-order valence-corrected chi connectivity index (χ4v) is 10.6. The minimum atomic E-state index is 0.480. The molecule has 0 amide bonds. The summed E-state index contributed by atoms with van der Waals surface area (Å²) in [7, 11) is 0. The molecule has 0 aliphatic rings. The van der Waals surface area contributed by atoms with Crippen LogP contribution in [0.15, 0.2) is 47.8 Å². The number of thiophene rings is 5. The highest BCUT2D eigenvalue weighted by Gasteiger charge is 2.19. The molecule has 5 heterocycles. The second-order valence-corrected chi connectivity index (χ2v) is 15.5. The largest absolute Gasteiger partial charge is 0.192 e. The van der Waals surface area contributed by atoms with Gasteiger partial charge in [-0.05, 0) is 84.7 Å². The molecule has 7 heteroatoms. The first-order valence-corrected chi connectivity index (χ1v) is 18.6. The molecule has 0 N–H and O–H groups in total. The van der Waals surface area contributed by atoms with E-state index < -0.39 is 0 Å². The molecule has 0 bridgehead atoms. The quantitative estimate of drug-likeness (QED) is 0.115. The third-order valence-electron chi connectivity index (χ3n) is 7.25. The van der Waals surface area contributed by atoms with E-state index in [1.165, 1.54) is 110 Å². The molecule has 0 spiro atoms. The van der Waals surface area contributed by atoms with E-state index in [-0.39, 0.29) is 0 Å². The standard InChI is InChI=1S/C34H34N2S5/c1-3-5-7-9-11-23-17-18-37-33(23)28-15-13-26(38-28)27-14-16-29(39-27)34-24(12-10-8-6-4-2)19-31(41-34)30-20-25(21-35)32(22-36)40-30/h13-20H,3-12H2,1-2H3. The van der Waals surface area contributed by atoms with Gasteiger partial charge in [-0.3, -0.25) is 0 Å². The monoisotopic (exact) mass is 630 g/mol. The average Bonchev–Trinajstić information content (AvgIpc) is 3.82. The molecule has 0 aliphatic carbocycles. The van der Waals surface area contributed by atoms with Gasteiger partial charge in [0.05, 0.1) is 5.56 Å². The van der Waals surface area contributed by atoms with Crippen molar-refractivity contribution in [1.29, 1.82) is 10.5 Å². The van der Waals surface area contributed by atoms with Gasteiger partial charge in [0.25, 0.3) is 0 Å². The number of rotatable bonds is 14. The van der Waals surface area contributed by atoms with Gasteiger partial charge in [-0.1, -0.05) is 52.4 Å². The van der Waals surface area contributed by atoms with Gasteiger partial charge in [0.1, 0.15) is 17.0 Å². The fourth-order valence-electron chi connectivity index (χ4n) is 5.04. The first-order chi connectivity index (χ1) is 20.1. The summed E-state index contributed by atoms with van der Waals surface area (Å²) in [5, 5.41) is 21.2. The van der Waals surface area contributed by atoms with Gasteiger partial charge in [0, 0.05) is 39.0 Å². The molecule has 0 atom stereocenters. The maximum atomic E-state index is 9.48. The van der Waals surface area contributed by atoms with Crippen LogP contribution < -0.4 is 0 Å². The van der Waals surface area contributed by atoms with Gasteiger partial charge in [-0.25, -0.2) is 0 Å². The maximum Gasteiger partial charge on any atom is 0.123 e. The fraction of sp³-hybridized carbons (Fsp3) is 0.353. The van der Waals surface area contributed by atoms with Crippen molar-refractivity contribution in [1.82, 2.24) is 0 Å². The van der Waals surface area contributed by atoms with Gasteiger partial charge in [-0.2, -0.15) is 10.5 Å². The van der Waals surface area contributed by atoms with Crippen LogP contribution in [0.5, 0.6) is 0 Å². The molecule has 5 rings (SSSR count). The molecular formula is C34H34N2S5. The SMILES string of the molecule is CCCCCCc1ccsc1-c1ccc(-c2ccc(-c3sc(-c4cc(C#N)c(C#N)s4)cc3CCCCCC)s2)s1. The summed E-state index contributed by atoms with van der Waals surface area (Å²) in [6.07, 6.45) is 12.3. The minimum absolute atomic E-state index is 0.480. The Morgan fingerprint density at radius 1 is 0.561 bits per heavy atom. The highest BCUT2D eigenvalue weighted by molar-refractivity contribution is 7.29. The Morgan fingerprint density at radius 3 is 1.78 bits per heavy atom. The van der Waals surface area contributed by atoms with E-state index in [2.05, 4.69) is 67.8 Å². The zero-order chi connectivity index (χ0) is 28.6. The van der Waals surface area contributed by atoms with Crippen LogP contribution in [0.25, 0.3) is 39.0 Å². The molecule has 0 aliphatic heterocycles. The Hall–Kier alpha value is -2.52. The maximum absolute atomic E-state index is 9.48. The van der Waals surface area contributed by atoms with Gasteiger partial charge in [0.2, 0.25) is 0 Å². The van der Waals surface area contributed by atoms with E-state index >= 15 is 0 Å². The van der Waals surface area contributed by atoms with Crippen molar-refractivity contribution in [2.75, 3.05) is 0 Å². The van der Waals surface area contributed by atoms with E-state index in [1.807, 2.05) is 40.1 Å². The van der Waals surface area contributed by atoms with Crippen LogP contribution in [0.1, 0.15) is 86.8 Å². The molecule has 2 nitrogen and oxygen atoms in total. The Labute approximate surface area is 264 Å². The number of unbranched alkanes of at least 4 members (excludes halogenated alkanes) is 6. The van der Waals surface area contributed by atoms with Gasteiger partial charge >= 0.3 is 0 Å². The zero-order valence-corrected chi connectivity index (χ0v) is 27.7. The number of nitrogens with zero attached hydrogens (tertiary/aromatic N) is 2. The molecule has 0 aromatic carbocycles. The predicted octanol–water partition coefficient (Wildman–Crippen LogP) is 12.7. The Kier molecular flexibility index (Phi) is 10.7. The third kappa shape index (κ3) is 7.11. The number of hydrogen-bond acceptors (Lipinski definition) is 7. The van der Waals surface area contributed by atoms with Crippen LogP contribution >= 0.6 is 56.7 Å². The molecule has 0 radical (unpaired) electrons. The lowest BCUT2D eigenvalue weighted by atomic mass is 10.1. The Balaban J connectivity index is 1.40. The smallest absolute Gasteiger partial charge is 0.123 e. The van der Waals surface area contributed by atoms with Gasteiger partial charge < -0.3 is 0 Å². The predicted molar refractivity (Wildman–Crippen MR) is 183 cm³/mol.